The summed E-state index contributed by atoms with van der Waals surface area (Å²) in [6.07, 6.45) is 1.54. The molecule has 0 saturated heterocycles. The summed E-state index contributed by atoms with van der Waals surface area (Å²) in [5.74, 6) is -0.850. The van der Waals surface area contributed by atoms with E-state index in [-0.39, 0.29) is 0 Å². The molecule has 0 aliphatic heterocycles. The third-order valence-corrected chi connectivity index (χ3v) is 2.94. The quantitative estimate of drug-likeness (QED) is 0.842. The van der Waals surface area contributed by atoms with Gasteiger partial charge in [0.2, 0.25) is 0 Å². The van der Waals surface area contributed by atoms with Crippen LogP contribution in [-0.4, -0.2) is 11.1 Å². The van der Waals surface area contributed by atoms with Gasteiger partial charge in [0.1, 0.15) is 5.58 Å². The number of aryl methyl sites for hydroxylation is 1. The summed E-state index contributed by atoms with van der Waals surface area (Å²) in [5.41, 5.74) is 1.61. The van der Waals surface area contributed by atoms with E-state index >= 15 is 0 Å². The lowest BCUT2D eigenvalue weighted by atomic mass is 9.84. The number of rotatable bonds is 2. The minimum Gasteiger partial charge on any atom is -0.481 e. The number of hydrogen-bond acceptors (Lipinski definition) is 2. The Morgan fingerprint density at radius 2 is 2.06 bits per heavy atom. The van der Waals surface area contributed by atoms with Crippen molar-refractivity contribution in [1.29, 1.82) is 0 Å². The highest BCUT2D eigenvalue weighted by molar-refractivity contribution is 5.90. The van der Waals surface area contributed by atoms with E-state index < -0.39 is 11.4 Å². The molecule has 2 aromatic rings. The Balaban J connectivity index is 2.70. The highest BCUT2D eigenvalue weighted by Crippen LogP contribution is 2.32. The maximum atomic E-state index is 11.2. The Labute approximate surface area is 93.7 Å². The van der Waals surface area contributed by atoms with E-state index in [0.29, 0.717) is 0 Å². The van der Waals surface area contributed by atoms with E-state index in [1.165, 1.54) is 6.26 Å². The molecule has 0 radical (unpaired) electrons. The molecule has 3 heteroatoms. The van der Waals surface area contributed by atoms with Crippen LogP contribution in [-0.2, 0) is 10.2 Å². The molecule has 1 N–H and O–H groups in total. The lowest BCUT2D eigenvalue weighted by Gasteiger charge is -2.17. The van der Waals surface area contributed by atoms with Gasteiger partial charge in [0.05, 0.1) is 11.7 Å². The molecule has 0 amide bonds. The van der Waals surface area contributed by atoms with Crippen LogP contribution >= 0.6 is 0 Å². The molecule has 84 valence electrons. The van der Waals surface area contributed by atoms with Crippen LogP contribution in [0.3, 0.4) is 0 Å². The average molecular weight is 218 g/mol. The first-order valence-electron chi connectivity index (χ1n) is 5.14. The van der Waals surface area contributed by atoms with Crippen LogP contribution in [0.15, 0.2) is 28.9 Å². The van der Waals surface area contributed by atoms with Gasteiger partial charge >= 0.3 is 5.97 Å². The Morgan fingerprint density at radius 1 is 1.38 bits per heavy atom. The van der Waals surface area contributed by atoms with Gasteiger partial charge in [0.25, 0.3) is 0 Å². The number of benzene rings is 1. The van der Waals surface area contributed by atoms with Gasteiger partial charge in [-0.1, -0.05) is 11.6 Å². The molecule has 0 unspecified atom stereocenters. The molecular formula is C13H14O3. The third-order valence-electron chi connectivity index (χ3n) is 2.94. The molecule has 0 aliphatic rings. The second-order valence-electron chi connectivity index (χ2n) is 4.58. The molecule has 2 rings (SSSR count). The summed E-state index contributed by atoms with van der Waals surface area (Å²) in [6.45, 7) is 5.34. The van der Waals surface area contributed by atoms with Crippen molar-refractivity contribution >= 4 is 16.9 Å². The van der Waals surface area contributed by atoms with Gasteiger partial charge < -0.3 is 9.52 Å². The highest BCUT2D eigenvalue weighted by Gasteiger charge is 2.32. The molecule has 0 fully saturated rings. The molecule has 3 nitrogen and oxygen atoms in total. The molecule has 1 aromatic heterocycles. The van der Waals surface area contributed by atoms with E-state index in [9.17, 15) is 9.90 Å². The first kappa shape index (κ1) is 10.7. The van der Waals surface area contributed by atoms with Crippen LogP contribution in [0.5, 0.6) is 0 Å². The summed E-state index contributed by atoms with van der Waals surface area (Å²) in [4.78, 5) is 11.2. The minimum absolute atomic E-state index is 0.721. The topological polar surface area (TPSA) is 50.4 Å². The van der Waals surface area contributed by atoms with Crippen molar-refractivity contribution in [3.8, 4) is 0 Å². The molecule has 1 aromatic carbocycles. The maximum absolute atomic E-state index is 11.2. The molecule has 0 saturated carbocycles. The second-order valence-corrected chi connectivity index (χ2v) is 4.58. The van der Waals surface area contributed by atoms with Crippen molar-refractivity contribution in [3.05, 3.63) is 35.6 Å². The van der Waals surface area contributed by atoms with E-state index in [4.69, 9.17) is 4.42 Å². The van der Waals surface area contributed by atoms with Crippen LogP contribution in [0.25, 0.3) is 11.0 Å². The van der Waals surface area contributed by atoms with Crippen LogP contribution in [0.4, 0.5) is 0 Å². The summed E-state index contributed by atoms with van der Waals surface area (Å²) in [7, 11) is 0. The largest absolute Gasteiger partial charge is 0.481 e. The third kappa shape index (κ3) is 1.48. The normalized spacial score (nSPS) is 11.9. The monoisotopic (exact) mass is 218 g/mol. The van der Waals surface area contributed by atoms with Crippen LogP contribution in [0.1, 0.15) is 25.0 Å². The molecule has 0 atom stereocenters. The average Bonchev–Trinajstić information content (AvgIpc) is 2.60. The smallest absolute Gasteiger partial charge is 0.313 e. The van der Waals surface area contributed by atoms with Crippen molar-refractivity contribution in [3.63, 3.8) is 0 Å². The van der Waals surface area contributed by atoms with Gasteiger partial charge in [-0.3, -0.25) is 4.79 Å². The lowest BCUT2D eigenvalue weighted by Crippen LogP contribution is -2.28. The summed E-state index contributed by atoms with van der Waals surface area (Å²) in [6, 6.07) is 5.77. The van der Waals surface area contributed by atoms with Crippen LogP contribution < -0.4 is 0 Å². The van der Waals surface area contributed by atoms with Crippen LogP contribution in [0.2, 0.25) is 0 Å². The maximum Gasteiger partial charge on any atom is 0.313 e. The molecule has 0 spiro atoms. The summed E-state index contributed by atoms with van der Waals surface area (Å²) < 4.78 is 5.38. The first-order chi connectivity index (χ1) is 7.43. The van der Waals surface area contributed by atoms with E-state index in [1.54, 1.807) is 13.8 Å². The predicted octanol–water partition coefficient (Wildman–Crippen LogP) is 3.10. The van der Waals surface area contributed by atoms with Crippen molar-refractivity contribution in [2.24, 2.45) is 0 Å². The van der Waals surface area contributed by atoms with E-state index in [2.05, 4.69) is 0 Å². The Bertz CT molecular complexity index is 549. The van der Waals surface area contributed by atoms with Gasteiger partial charge in [-0.25, -0.2) is 0 Å². The number of carbonyl (C=O) groups is 1. The van der Waals surface area contributed by atoms with Gasteiger partial charge in [-0.15, -0.1) is 0 Å². The van der Waals surface area contributed by atoms with Gasteiger partial charge in [0.15, 0.2) is 0 Å². The number of furan rings is 1. The zero-order valence-corrected chi connectivity index (χ0v) is 9.57. The Hall–Kier alpha value is -1.77. The number of aliphatic carboxylic acids is 1. The molecular weight excluding hydrogens is 204 g/mol. The van der Waals surface area contributed by atoms with Gasteiger partial charge in [-0.2, -0.15) is 0 Å². The van der Waals surface area contributed by atoms with Crippen molar-refractivity contribution < 1.29 is 14.3 Å². The fourth-order valence-corrected chi connectivity index (χ4v) is 1.74. The molecule has 16 heavy (non-hydrogen) atoms. The van der Waals surface area contributed by atoms with E-state index in [1.807, 2.05) is 25.1 Å². The van der Waals surface area contributed by atoms with Gasteiger partial charge in [-0.05, 0) is 32.9 Å². The summed E-state index contributed by atoms with van der Waals surface area (Å²) >= 11 is 0. The fraction of sp³-hybridized carbons (Fsp3) is 0.308. The van der Waals surface area contributed by atoms with Crippen molar-refractivity contribution in [2.75, 3.05) is 0 Å². The number of carboxylic acid groups (broad SMARTS) is 1. The van der Waals surface area contributed by atoms with E-state index in [0.717, 1.165) is 22.1 Å². The zero-order chi connectivity index (χ0) is 11.9. The highest BCUT2D eigenvalue weighted by atomic mass is 16.4. The van der Waals surface area contributed by atoms with Crippen LogP contribution in [0, 0.1) is 6.92 Å². The number of hydrogen-bond donors (Lipinski definition) is 1. The number of carboxylic acids is 1. The Morgan fingerprint density at radius 3 is 2.69 bits per heavy atom. The summed E-state index contributed by atoms with van der Waals surface area (Å²) in [5, 5.41) is 10.1. The fourth-order valence-electron chi connectivity index (χ4n) is 1.74. The molecule has 0 bridgehead atoms. The molecule has 0 aliphatic carbocycles. The predicted molar refractivity (Wildman–Crippen MR) is 61.6 cm³/mol. The standard InChI is InChI=1S/C13H14O3/c1-8-4-5-11-9(6-8)10(7-16-11)13(2,3)12(14)15/h4-7H,1-3H3,(H,14,15). The molecule has 1 heterocycles. The Kier molecular flexibility index (Phi) is 2.26. The van der Waals surface area contributed by atoms with Crippen molar-refractivity contribution in [2.45, 2.75) is 26.2 Å². The first-order valence-corrected chi connectivity index (χ1v) is 5.14. The van der Waals surface area contributed by atoms with Gasteiger partial charge in [0, 0.05) is 10.9 Å². The SMILES string of the molecule is Cc1ccc2occ(C(C)(C)C(=O)O)c2c1. The minimum atomic E-state index is -0.932. The lowest BCUT2D eigenvalue weighted by molar-refractivity contribution is -0.142. The van der Waals surface area contributed by atoms with Crippen molar-refractivity contribution in [1.82, 2.24) is 0 Å². The second kappa shape index (κ2) is 3.37. The zero-order valence-electron chi connectivity index (χ0n) is 9.57. The number of fused-ring (bicyclic) bond motifs is 1.